The summed E-state index contributed by atoms with van der Waals surface area (Å²) < 4.78 is 0.986. The summed E-state index contributed by atoms with van der Waals surface area (Å²) in [7, 11) is 3.08. The van der Waals surface area contributed by atoms with E-state index in [4.69, 9.17) is 0 Å². The van der Waals surface area contributed by atoms with E-state index < -0.39 is 21.6 Å². The molecule has 1 amide bonds. The molecule has 0 aliphatic carbocycles. The molecule has 1 aromatic heterocycles. The van der Waals surface area contributed by atoms with Gasteiger partial charge in [0.05, 0.1) is 20.8 Å². The third-order valence-electron chi connectivity index (χ3n) is 2.60. The highest BCUT2D eigenvalue weighted by Gasteiger charge is 2.21. The molecule has 11 nitrogen and oxygen atoms in total. The van der Waals surface area contributed by atoms with E-state index in [0.29, 0.717) is 0 Å². The van der Waals surface area contributed by atoms with Gasteiger partial charge in [0.25, 0.3) is 11.4 Å². The van der Waals surface area contributed by atoms with Crippen molar-refractivity contribution >= 4 is 29.2 Å². The van der Waals surface area contributed by atoms with E-state index >= 15 is 0 Å². The number of amides is 1. The molecular weight excluding hydrogens is 328 g/mol. The first kappa shape index (κ1) is 16.4. The van der Waals surface area contributed by atoms with Crippen LogP contribution in [0.1, 0.15) is 0 Å². The minimum atomic E-state index is -0.725. The summed E-state index contributed by atoms with van der Waals surface area (Å²) in [4.78, 5) is 37.3. The quantitative estimate of drug-likeness (QED) is 0.607. The van der Waals surface area contributed by atoms with Crippen LogP contribution in [0, 0.1) is 20.2 Å². The molecule has 0 saturated carbocycles. The predicted molar refractivity (Wildman–Crippen MR) is 78.4 cm³/mol. The van der Waals surface area contributed by atoms with Crippen molar-refractivity contribution < 1.29 is 14.6 Å². The summed E-state index contributed by atoms with van der Waals surface area (Å²) >= 11 is 0.835. The maximum atomic E-state index is 11.7. The van der Waals surface area contributed by atoms with Gasteiger partial charge in [-0.15, -0.1) is 5.10 Å². The molecule has 0 spiro atoms. The molecule has 2 aromatic rings. The number of carbonyl (C=O) groups excluding carboxylic acids is 1. The molecule has 0 unspecified atom stereocenters. The normalized spacial score (nSPS) is 10.3. The maximum absolute atomic E-state index is 11.7. The zero-order chi connectivity index (χ0) is 17.1. The standard InChI is InChI=1S/C11H10N6O5S/c1-14(2)11(18)15-6-12-10(13-15)23-9-4-3-7(16(19)20)5-8(9)17(21)22/h3-6H,1-2H3. The Balaban J connectivity index is 2.31. The first-order valence-electron chi connectivity index (χ1n) is 6.03. The second-order valence-electron chi connectivity index (χ2n) is 4.42. The molecule has 1 heterocycles. The Hall–Kier alpha value is -3.02. The first-order valence-corrected chi connectivity index (χ1v) is 6.85. The van der Waals surface area contributed by atoms with E-state index in [-0.39, 0.29) is 15.7 Å². The molecular formula is C11H10N6O5S. The average Bonchev–Trinajstić information content (AvgIpc) is 2.94. The molecule has 0 fully saturated rings. The fourth-order valence-electron chi connectivity index (χ4n) is 1.54. The zero-order valence-corrected chi connectivity index (χ0v) is 12.8. The number of rotatable bonds is 4. The highest BCUT2D eigenvalue weighted by molar-refractivity contribution is 7.99. The minimum absolute atomic E-state index is 0.108. The highest BCUT2D eigenvalue weighted by Crippen LogP contribution is 2.35. The number of benzene rings is 1. The predicted octanol–water partition coefficient (Wildman–Crippen LogP) is 1.78. The Kier molecular flexibility index (Phi) is 4.55. The summed E-state index contributed by atoms with van der Waals surface area (Å²) in [6.07, 6.45) is 1.18. The van der Waals surface area contributed by atoms with Crippen molar-refractivity contribution in [1.82, 2.24) is 19.7 Å². The number of nitrogens with zero attached hydrogens (tertiary/aromatic N) is 6. The van der Waals surface area contributed by atoms with Gasteiger partial charge in [-0.25, -0.2) is 9.78 Å². The second-order valence-corrected chi connectivity index (χ2v) is 5.43. The van der Waals surface area contributed by atoms with Gasteiger partial charge in [0.1, 0.15) is 6.33 Å². The van der Waals surface area contributed by atoms with E-state index in [1.807, 2.05) is 0 Å². The van der Waals surface area contributed by atoms with Crippen molar-refractivity contribution in [1.29, 1.82) is 0 Å². The molecule has 12 heteroatoms. The van der Waals surface area contributed by atoms with Gasteiger partial charge in [-0.05, 0) is 17.8 Å². The minimum Gasteiger partial charge on any atom is -0.329 e. The van der Waals surface area contributed by atoms with Crippen LogP contribution in [0.5, 0.6) is 0 Å². The monoisotopic (exact) mass is 338 g/mol. The summed E-state index contributed by atoms with van der Waals surface area (Å²) in [5.41, 5.74) is -0.818. The zero-order valence-electron chi connectivity index (χ0n) is 11.9. The number of hydrogen-bond acceptors (Lipinski definition) is 8. The number of nitro groups is 2. The van der Waals surface area contributed by atoms with Gasteiger partial charge in [-0.1, -0.05) is 0 Å². The Labute approximate surface area is 133 Å². The summed E-state index contributed by atoms with van der Waals surface area (Å²) in [6.45, 7) is 0. The molecule has 0 radical (unpaired) electrons. The molecule has 0 aliphatic heterocycles. The smallest absolute Gasteiger partial charge is 0.329 e. The fourth-order valence-corrected chi connectivity index (χ4v) is 2.34. The molecule has 0 bridgehead atoms. The third kappa shape index (κ3) is 3.60. The highest BCUT2D eigenvalue weighted by atomic mass is 32.2. The Bertz CT molecular complexity index is 789. The van der Waals surface area contributed by atoms with Crippen molar-refractivity contribution in [2.24, 2.45) is 0 Å². The maximum Gasteiger partial charge on any atom is 0.345 e. The average molecular weight is 338 g/mol. The number of hydrogen-bond donors (Lipinski definition) is 0. The van der Waals surface area contributed by atoms with Crippen LogP contribution in [-0.4, -0.2) is 49.6 Å². The van der Waals surface area contributed by atoms with E-state index in [1.165, 1.54) is 31.4 Å². The lowest BCUT2D eigenvalue weighted by atomic mass is 10.3. The lowest BCUT2D eigenvalue weighted by molar-refractivity contribution is -0.396. The van der Waals surface area contributed by atoms with Gasteiger partial charge >= 0.3 is 6.03 Å². The largest absolute Gasteiger partial charge is 0.345 e. The molecule has 0 N–H and O–H groups in total. The van der Waals surface area contributed by atoms with Crippen molar-refractivity contribution in [2.75, 3.05) is 14.1 Å². The summed E-state index contributed by atoms with van der Waals surface area (Å²) in [5.74, 6) is 0. The van der Waals surface area contributed by atoms with Crippen LogP contribution in [-0.2, 0) is 0 Å². The van der Waals surface area contributed by atoms with Crippen molar-refractivity contribution in [2.45, 2.75) is 10.1 Å². The first-order chi connectivity index (χ1) is 10.8. The van der Waals surface area contributed by atoms with Gasteiger partial charge in [-0.2, -0.15) is 4.68 Å². The van der Waals surface area contributed by atoms with Crippen LogP contribution in [0.25, 0.3) is 0 Å². The number of nitro benzene ring substituents is 2. The molecule has 1 aromatic carbocycles. The lowest BCUT2D eigenvalue weighted by Gasteiger charge is -2.07. The van der Waals surface area contributed by atoms with E-state index in [1.54, 1.807) is 0 Å². The van der Waals surface area contributed by atoms with Gasteiger partial charge < -0.3 is 4.90 Å². The van der Waals surface area contributed by atoms with E-state index in [0.717, 1.165) is 28.6 Å². The van der Waals surface area contributed by atoms with Crippen LogP contribution < -0.4 is 0 Å². The van der Waals surface area contributed by atoms with Crippen LogP contribution in [0.2, 0.25) is 0 Å². The van der Waals surface area contributed by atoms with Gasteiger partial charge in [-0.3, -0.25) is 20.2 Å². The molecule has 2 rings (SSSR count). The van der Waals surface area contributed by atoms with Crippen molar-refractivity contribution in [3.05, 3.63) is 44.8 Å². The Morgan fingerprint density at radius 2 is 1.96 bits per heavy atom. The van der Waals surface area contributed by atoms with Gasteiger partial charge in [0, 0.05) is 20.2 Å². The number of non-ortho nitro benzene ring substituents is 1. The summed E-state index contributed by atoms with van der Waals surface area (Å²) in [6, 6.07) is 2.83. The number of aromatic nitrogens is 3. The van der Waals surface area contributed by atoms with Crippen molar-refractivity contribution in [3.8, 4) is 0 Å². The second kappa shape index (κ2) is 6.39. The van der Waals surface area contributed by atoms with Crippen LogP contribution in [0.4, 0.5) is 16.2 Å². The fraction of sp³-hybridized carbons (Fsp3) is 0.182. The topological polar surface area (TPSA) is 137 Å². The summed E-state index contributed by atoms with van der Waals surface area (Å²) in [5, 5.41) is 25.8. The van der Waals surface area contributed by atoms with Crippen LogP contribution in [0.3, 0.4) is 0 Å². The Morgan fingerprint density at radius 3 is 2.52 bits per heavy atom. The molecule has 23 heavy (non-hydrogen) atoms. The molecule has 0 atom stereocenters. The SMILES string of the molecule is CN(C)C(=O)n1cnc(Sc2ccc([N+](=O)[O-])cc2[N+](=O)[O-])n1. The molecule has 120 valence electrons. The van der Waals surface area contributed by atoms with Crippen LogP contribution >= 0.6 is 11.8 Å². The van der Waals surface area contributed by atoms with Gasteiger partial charge in [0.2, 0.25) is 5.16 Å². The lowest BCUT2D eigenvalue weighted by Crippen LogP contribution is -2.27. The van der Waals surface area contributed by atoms with E-state index in [2.05, 4.69) is 10.1 Å². The van der Waals surface area contributed by atoms with Crippen molar-refractivity contribution in [3.63, 3.8) is 0 Å². The Morgan fingerprint density at radius 1 is 1.26 bits per heavy atom. The van der Waals surface area contributed by atoms with Gasteiger partial charge in [0.15, 0.2) is 0 Å². The third-order valence-corrected chi connectivity index (χ3v) is 3.54. The molecule has 0 aliphatic rings. The number of carbonyl (C=O) groups is 1. The molecule has 0 saturated heterocycles. The van der Waals surface area contributed by atoms with Crippen LogP contribution in [0.15, 0.2) is 34.6 Å². The van der Waals surface area contributed by atoms with E-state index in [9.17, 15) is 25.0 Å².